The lowest BCUT2D eigenvalue weighted by Gasteiger charge is -2.34. The minimum Gasteiger partial charge on any atom is -0.481 e. The summed E-state index contributed by atoms with van der Waals surface area (Å²) < 4.78 is 28.5. The fourth-order valence-corrected chi connectivity index (χ4v) is 4.13. The Hall–Kier alpha value is -0.660. The third kappa shape index (κ3) is 4.74. The van der Waals surface area contributed by atoms with Crippen LogP contribution in [0.15, 0.2) is 0 Å². The van der Waals surface area contributed by atoms with E-state index in [4.69, 9.17) is 5.11 Å². The van der Waals surface area contributed by atoms with E-state index in [1.807, 2.05) is 20.8 Å². The number of carbonyl (C=O) groups is 1. The van der Waals surface area contributed by atoms with Crippen LogP contribution in [0.4, 0.5) is 0 Å². The van der Waals surface area contributed by atoms with E-state index in [9.17, 15) is 13.2 Å². The van der Waals surface area contributed by atoms with Gasteiger partial charge in [-0.05, 0) is 33.1 Å². The van der Waals surface area contributed by atoms with Crippen molar-refractivity contribution in [3.05, 3.63) is 0 Å². The van der Waals surface area contributed by atoms with E-state index < -0.39 is 27.6 Å². The van der Waals surface area contributed by atoms with Crippen molar-refractivity contribution in [3.63, 3.8) is 0 Å². The average Bonchev–Trinajstić information content (AvgIpc) is 2.27. The van der Waals surface area contributed by atoms with E-state index in [0.717, 1.165) is 12.8 Å². The lowest BCUT2D eigenvalue weighted by molar-refractivity contribution is -0.142. The van der Waals surface area contributed by atoms with Crippen LogP contribution in [0.2, 0.25) is 0 Å². The van der Waals surface area contributed by atoms with Crippen LogP contribution in [0.1, 0.15) is 46.5 Å². The third-order valence-electron chi connectivity index (χ3n) is 3.35. The number of carboxylic acid groups (broad SMARTS) is 1. The van der Waals surface area contributed by atoms with Crippen LogP contribution in [-0.4, -0.2) is 42.4 Å². The van der Waals surface area contributed by atoms with Crippen molar-refractivity contribution < 1.29 is 18.3 Å². The molecule has 0 aromatic carbocycles. The van der Waals surface area contributed by atoms with E-state index in [2.05, 4.69) is 4.72 Å². The zero-order valence-electron chi connectivity index (χ0n) is 11.8. The molecule has 0 spiro atoms. The lowest BCUT2D eigenvalue weighted by atomic mass is 10.0. The summed E-state index contributed by atoms with van der Waals surface area (Å²) in [6.07, 6.45) is 2.75. The molecule has 1 rings (SSSR count). The van der Waals surface area contributed by atoms with Crippen molar-refractivity contribution in [2.45, 2.75) is 52.0 Å². The zero-order chi connectivity index (χ0) is 14.7. The molecule has 1 atom stereocenters. The molecule has 0 saturated carbocycles. The van der Waals surface area contributed by atoms with Crippen molar-refractivity contribution >= 4 is 16.2 Å². The summed E-state index contributed by atoms with van der Waals surface area (Å²) >= 11 is 0. The molecule has 112 valence electrons. The molecule has 2 N–H and O–H groups in total. The second-order valence-corrected chi connectivity index (χ2v) is 7.45. The van der Waals surface area contributed by atoms with Crippen LogP contribution in [0.25, 0.3) is 0 Å². The molecule has 1 heterocycles. The van der Waals surface area contributed by atoms with Gasteiger partial charge in [-0.15, -0.1) is 0 Å². The second kappa shape index (κ2) is 6.19. The summed E-state index contributed by atoms with van der Waals surface area (Å²) in [6.45, 7) is 6.13. The summed E-state index contributed by atoms with van der Waals surface area (Å²) in [7, 11) is -3.61. The van der Waals surface area contributed by atoms with Gasteiger partial charge in [-0.1, -0.05) is 13.3 Å². The Labute approximate surface area is 115 Å². The molecule has 19 heavy (non-hydrogen) atoms. The second-order valence-electron chi connectivity index (χ2n) is 5.78. The minimum absolute atomic E-state index is 0.0624. The van der Waals surface area contributed by atoms with Gasteiger partial charge in [-0.25, -0.2) is 0 Å². The number of piperidine rings is 1. The molecule has 6 nitrogen and oxygen atoms in total. The van der Waals surface area contributed by atoms with Crippen LogP contribution in [0.5, 0.6) is 0 Å². The minimum atomic E-state index is -3.61. The highest BCUT2D eigenvalue weighted by Crippen LogP contribution is 2.21. The Balaban J connectivity index is 2.74. The third-order valence-corrected chi connectivity index (χ3v) is 5.18. The first-order chi connectivity index (χ1) is 8.68. The van der Waals surface area contributed by atoms with Gasteiger partial charge in [-0.2, -0.15) is 17.4 Å². The molecule has 7 heteroatoms. The van der Waals surface area contributed by atoms with Crippen molar-refractivity contribution in [1.82, 2.24) is 9.03 Å². The van der Waals surface area contributed by atoms with E-state index in [1.165, 1.54) is 4.31 Å². The number of nitrogens with zero attached hydrogens (tertiary/aromatic N) is 1. The molecule has 1 aliphatic heterocycles. The van der Waals surface area contributed by atoms with E-state index >= 15 is 0 Å². The van der Waals surface area contributed by atoms with Gasteiger partial charge in [-0.3, -0.25) is 4.79 Å². The SMILES string of the molecule is CCCC(C)(C)NS(=O)(=O)N1CCCC(C(=O)O)C1. The van der Waals surface area contributed by atoms with Gasteiger partial charge in [0.15, 0.2) is 0 Å². The van der Waals surface area contributed by atoms with Crippen LogP contribution < -0.4 is 4.72 Å². The molecular formula is C12H24N2O4S. The molecule has 0 amide bonds. The largest absolute Gasteiger partial charge is 0.481 e. The Kier molecular flexibility index (Phi) is 5.34. The summed E-state index contributed by atoms with van der Waals surface area (Å²) in [5.74, 6) is -1.52. The fourth-order valence-electron chi connectivity index (χ4n) is 2.45. The molecule has 1 unspecified atom stereocenters. The molecule has 0 bridgehead atoms. The highest BCUT2D eigenvalue weighted by Gasteiger charge is 2.34. The molecule has 0 aromatic heterocycles. The molecule has 1 saturated heterocycles. The first-order valence-electron chi connectivity index (χ1n) is 6.70. The van der Waals surface area contributed by atoms with E-state index in [1.54, 1.807) is 0 Å². The maximum Gasteiger partial charge on any atom is 0.307 e. The maximum atomic E-state index is 12.3. The fraction of sp³-hybridized carbons (Fsp3) is 0.917. The zero-order valence-corrected chi connectivity index (χ0v) is 12.7. The Morgan fingerprint density at radius 3 is 2.63 bits per heavy atom. The molecule has 0 aliphatic carbocycles. The smallest absolute Gasteiger partial charge is 0.307 e. The van der Waals surface area contributed by atoms with Crippen molar-refractivity contribution in [2.24, 2.45) is 5.92 Å². The molecule has 0 aromatic rings. The number of nitrogens with one attached hydrogen (secondary N) is 1. The van der Waals surface area contributed by atoms with Crippen molar-refractivity contribution in [1.29, 1.82) is 0 Å². The van der Waals surface area contributed by atoms with Crippen LogP contribution >= 0.6 is 0 Å². The molecular weight excluding hydrogens is 268 g/mol. The van der Waals surface area contributed by atoms with Crippen LogP contribution in [0, 0.1) is 5.92 Å². The monoisotopic (exact) mass is 292 g/mol. The number of carboxylic acids is 1. The van der Waals surface area contributed by atoms with E-state index in [-0.39, 0.29) is 6.54 Å². The maximum absolute atomic E-state index is 12.3. The first-order valence-corrected chi connectivity index (χ1v) is 8.14. The predicted molar refractivity (Wildman–Crippen MR) is 73.0 cm³/mol. The quantitative estimate of drug-likeness (QED) is 0.770. The normalized spacial score (nSPS) is 22.4. The lowest BCUT2D eigenvalue weighted by Crippen LogP contribution is -2.53. The Morgan fingerprint density at radius 2 is 2.11 bits per heavy atom. The molecule has 1 aliphatic rings. The number of hydrogen-bond acceptors (Lipinski definition) is 3. The number of rotatable bonds is 6. The average molecular weight is 292 g/mol. The van der Waals surface area contributed by atoms with Crippen LogP contribution in [0.3, 0.4) is 0 Å². The molecule has 1 fully saturated rings. The first kappa shape index (κ1) is 16.4. The summed E-state index contributed by atoms with van der Waals surface area (Å²) in [4.78, 5) is 11.0. The summed E-state index contributed by atoms with van der Waals surface area (Å²) in [6, 6.07) is 0. The van der Waals surface area contributed by atoms with Gasteiger partial charge >= 0.3 is 5.97 Å². The predicted octanol–water partition coefficient (Wildman–Crippen LogP) is 1.20. The number of aliphatic carboxylic acids is 1. The van der Waals surface area contributed by atoms with Gasteiger partial charge in [0.1, 0.15) is 0 Å². The Bertz CT molecular complexity index is 419. The van der Waals surface area contributed by atoms with Gasteiger partial charge in [0.2, 0.25) is 0 Å². The van der Waals surface area contributed by atoms with Gasteiger partial charge in [0.25, 0.3) is 10.2 Å². The topological polar surface area (TPSA) is 86.7 Å². The highest BCUT2D eigenvalue weighted by atomic mass is 32.2. The highest BCUT2D eigenvalue weighted by molar-refractivity contribution is 7.87. The van der Waals surface area contributed by atoms with Crippen LogP contribution in [-0.2, 0) is 15.0 Å². The van der Waals surface area contributed by atoms with Gasteiger partial charge in [0.05, 0.1) is 5.92 Å². The molecule has 0 radical (unpaired) electrons. The van der Waals surface area contributed by atoms with Gasteiger partial charge < -0.3 is 5.11 Å². The van der Waals surface area contributed by atoms with E-state index in [0.29, 0.717) is 19.4 Å². The standard InChI is InChI=1S/C12H24N2O4S/c1-4-7-12(2,3)13-19(17,18)14-8-5-6-10(9-14)11(15)16/h10,13H,4-9H2,1-3H3,(H,15,16). The van der Waals surface area contributed by atoms with Crippen molar-refractivity contribution in [3.8, 4) is 0 Å². The Morgan fingerprint density at radius 1 is 1.47 bits per heavy atom. The summed E-state index contributed by atoms with van der Waals surface area (Å²) in [5, 5.41) is 9.00. The van der Waals surface area contributed by atoms with Gasteiger partial charge in [0, 0.05) is 18.6 Å². The number of hydrogen-bond donors (Lipinski definition) is 2. The van der Waals surface area contributed by atoms with Crippen molar-refractivity contribution in [2.75, 3.05) is 13.1 Å². The summed E-state index contributed by atoms with van der Waals surface area (Å²) in [5.41, 5.74) is -0.510.